The lowest BCUT2D eigenvalue weighted by molar-refractivity contribution is 1.34. The average Bonchev–Trinajstić information content (AvgIpc) is 2.53. The van der Waals surface area contributed by atoms with E-state index in [0.29, 0.717) is 0 Å². The molecule has 0 saturated carbocycles. The van der Waals surface area contributed by atoms with Crippen molar-refractivity contribution in [3.8, 4) is 10.6 Å². The molecule has 3 heteroatoms. The van der Waals surface area contributed by atoms with E-state index in [2.05, 4.69) is 24.0 Å². The van der Waals surface area contributed by atoms with E-state index in [0.717, 1.165) is 16.3 Å². The highest BCUT2D eigenvalue weighted by molar-refractivity contribution is 7.15. The summed E-state index contributed by atoms with van der Waals surface area (Å²) in [7, 11) is 0. The first-order chi connectivity index (χ1) is 6.27. The summed E-state index contributed by atoms with van der Waals surface area (Å²) in [5, 5.41) is 0. The van der Waals surface area contributed by atoms with E-state index in [4.69, 9.17) is 5.73 Å². The molecular formula is C10H10N2S. The Balaban J connectivity index is 2.52. The van der Waals surface area contributed by atoms with Crippen LogP contribution >= 0.6 is 11.3 Å². The van der Waals surface area contributed by atoms with Crippen LogP contribution in [0, 0.1) is 6.92 Å². The summed E-state index contributed by atoms with van der Waals surface area (Å²) in [5.41, 5.74) is 7.44. The molecule has 0 saturated heterocycles. The zero-order chi connectivity index (χ0) is 9.26. The number of nitrogens with zero attached hydrogens (tertiary/aromatic N) is 1. The van der Waals surface area contributed by atoms with Crippen molar-refractivity contribution in [1.82, 2.24) is 4.98 Å². The third kappa shape index (κ3) is 1.55. The van der Waals surface area contributed by atoms with E-state index in [1.807, 2.05) is 12.1 Å². The molecule has 66 valence electrons. The number of nitrogens with two attached hydrogens (primary N) is 1. The monoisotopic (exact) mass is 190 g/mol. The summed E-state index contributed by atoms with van der Waals surface area (Å²) in [6.45, 7) is 2.08. The van der Waals surface area contributed by atoms with Crippen LogP contribution in [0.15, 0.2) is 30.5 Å². The topological polar surface area (TPSA) is 38.9 Å². The van der Waals surface area contributed by atoms with Crippen molar-refractivity contribution in [3.63, 3.8) is 0 Å². The SMILES string of the molecule is Cc1ccc(-c2ncccc2N)s1. The summed E-state index contributed by atoms with van der Waals surface area (Å²) < 4.78 is 0. The molecule has 0 atom stereocenters. The van der Waals surface area contributed by atoms with Gasteiger partial charge in [-0.15, -0.1) is 11.3 Å². The Bertz CT molecular complexity index is 420. The standard InChI is InChI=1S/C10H10N2S/c1-7-4-5-9(13-7)10-8(11)3-2-6-12-10/h2-6H,11H2,1H3. The molecule has 0 aliphatic carbocycles. The fraction of sp³-hybridized carbons (Fsp3) is 0.100. The van der Waals surface area contributed by atoms with Crippen molar-refractivity contribution in [2.75, 3.05) is 5.73 Å². The third-order valence-electron chi connectivity index (χ3n) is 1.81. The van der Waals surface area contributed by atoms with Crippen LogP contribution < -0.4 is 5.73 Å². The Kier molecular flexibility index (Phi) is 2.02. The predicted molar refractivity (Wildman–Crippen MR) is 56.7 cm³/mol. The molecule has 2 aromatic heterocycles. The Morgan fingerprint density at radius 1 is 1.31 bits per heavy atom. The van der Waals surface area contributed by atoms with Gasteiger partial charge in [0.2, 0.25) is 0 Å². The van der Waals surface area contributed by atoms with Crippen LogP contribution in [-0.2, 0) is 0 Å². The molecule has 0 spiro atoms. The lowest BCUT2D eigenvalue weighted by atomic mass is 10.2. The van der Waals surface area contributed by atoms with Crippen LogP contribution in [0.3, 0.4) is 0 Å². The minimum Gasteiger partial charge on any atom is -0.397 e. The Morgan fingerprint density at radius 2 is 2.15 bits per heavy atom. The van der Waals surface area contributed by atoms with Crippen molar-refractivity contribution in [2.45, 2.75) is 6.92 Å². The van der Waals surface area contributed by atoms with E-state index in [1.54, 1.807) is 17.5 Å². The van der Waals surface area contributed by atoms with Gasteiger partial charge in [-0.25, -0.2) is 0 Å². The molecule has 13 heavy (non-hydrogen) atoms. The summed E-state index contributed by atoms with van der Waals surface area (Å²) in [4.78, 5) is 6.66. The second kappa shape index (κ2) is 3.18. The van der Waals surface area contributed by atoms with Crippen molar-refractivity contribution in [3.05, 3.63) is 35.3 Å². The molecule has 0 aliphatic rings. The molecule has 0 aromatic carbocycles. The van der Waals surface area contributed by atoms with Gasteiger partial charge in [0.15, 0.2) is 0 Å². The normalized spacial score (nSPS) is 10.2. The largest absolute Gasteiger partial charge is 0.397 e. The lowest BCUT2D eigenvalue weighted by Gasteiger charge is -1.99. The summed E-state index contributed by atoms with van der Waals surface area (Å²) in [6.07, 6.45) is 1.76. The zero-order valence-electron chi connectivity index (χ0n) is 7.32. The second-order valence-electron chi connectivity index (χ2n) is 2.85. The number of anilines is 1. The highest BCUT2D eigenvalue weighted by Gasteiger charge is 2.04. The molecule has 0 amide bonds. The van der Waals surface area contributed by atoms with Gasteiger partial charge in [-0.3, -0.25) is 4.98 Å². The molecule has 2 heterocycles. The van der Waals surface area contributed by atoms with Crippen LogP contribution in [-0.4, -0.2) is 4.98 Å². The lowest BCUT2D eigenvalue weighted by Crippen LogP contribution is -1.90. The fourth-order valence-corrected chi connectivity index (χ4v) is 2.07. The first-order valence-corrected chi connectivity index (χ1v) is 4.86. The number of aryl methyl sites for hydroxylation is 1. The fourth-order valence-electron chi connectivity index (χ4n) is 1.19. The van der Waals surface area contributed by atoms with Crippen LogP contribution in [0.25, 0.3) is 10.6 Å². The molecule has 0 fully saturated rings. The van der Waals surface area contributed by atoms with Crippen LogP contribution in [0.2, 0.25) is 0 Å². The first-order valence-electron chi connectivity index (χ1n) is 4.04. The van der Waals surface area contributed by atoms with Crippen molar-refractivity contribution >= 4 is 17.0 Å². The Morgan fingerprint density at radius 3 is 2.77 bits per heavy atom. The number of pyridine rings is 1. The number of hydrogen-bond donors (Lipinski definition) is 1. The van der Waals surface area contributed by atoms with Crippen molar-refractivity contribution in [1.29, 1.82) is 0 Å². The van der Waals surface area contributed by atoms with E-state index < -0.39 is 0 Å². The maximum atomic E-state index is 5.81. The molecule has 0 unspecified atom stereocenters. The van der Waals surface area contributed by atoms with Gasteiger partial charge in [0.1, 0.15) is 5.69 Å². The smallest absolute Gasteiger partial charge is 0.103 e. The number of hydrogen-bond acceptors (Lipinski definition) is 3. The average molecular weight is 190 g/mol. The molecule has 2 aromatic rings. The van der Waals surface area contributed by atoms with Crippen molar-refractivity contribution in [2.24, 2.45) is 0 Å². The van der Waals surface area contributed by atoms with Crippen LogP contribution in [0.5, 0.6) is 0 Å². The Labute approximate surface area is 81.1 Å². The number of aromatic nitrogens is 1. The van der Waals surface area contributed by atoms with Crippen LogP contribution in [0.1, 0.15) is 4.88 Å². The van der Waals surface area contributed by atoms with Gasteiger partial charge in [-0.2, -0.15) is 0 Å². The molecular weight excluding hydrogens is 180 g/mol. The molecule has 0 radical (unpaired) electrons. The number of rotatable bonds is 1. The predicted octanol–water partition coefficient (Wildman–Crippen LogP) is 2.70. The molecule has 2 N–H and O–H groups in total. The third-order valence-corrected chi connectivity index (χ3v) is 2.82. The molecule has 0 bridgehead atoms. The zero-order valence-corrected chi connectivity index (χ0v) is 8.14. The van der Waals surface area contributed by atoms with Gasteiger partial charge in [0.25, 0.3) is 0 Å². The summed E-state index contributed by atoms with van der Waals surface area (Å²) in [6, 6.07) is 7.85. The summed E-state index contributed by atoms with van der Waals surface area (Å²) in [5.74, 6) is 0. The van der Waals surface area contributed by atoms with Gasteiger partial charge in [0, 0.05) is 11.1 Å². The minimum absolute atomic E-state index is 0.740. The van der Waals surface area contributed by atoms with Gasteiger partial charge in [0.05, 0.1) is 10.6 Å². The maximum absolute atomic E-state index is 5.81. The molecule has 2 nitrogen and oxygen atoms in total. The Hall–Kier alpha value is -1.35. The van der Waals surface area contributed by atoms with E-state index in [-0.39, 0.29) is 0 Å². The van der Waals surface area contributed by atoms with E-state index in [9.17, 15) is 0 Å². The minimum atomic E-state index is 0.740. The quantitative estimate of drug-likeness (QED) is 0.751. The highest BCUT2D eigenvalue weighted by Crippen LogP contribution is 2.29. The van der Waals surface area contributed by atoms with Gasteiger partial charge in [-0.1, -0.05) is 0 Å². The number of nitrogen functional groups attached to an aromatic ring is 1. The van der Waals surface area contributed by atoms with E-state index >= 15 is 0 Å². The highest BCUT2D eigenvalue weighted by atomic mass is 32.1. The maximum Gasteiger partial charge on any atom is 0.103 e. The van der Waals surface area contributed by atoms with Gasteiger partial charge >= 0.3 is 0 Å². The molecule has 2 rings (SSSR count). The first kappa shape index (κ1) is 8.26. The van der Waals surface area contributed by atoms with Crippen LogP contribution in [0.4, 0.5) is 5.69 Å². The van der Waals surface area contributed by atoms with Crippen molar-refractivity contribution < 1.29 is 0 Å². The van der Waals surface area contributed by atoms with Gasteiger partial charge < -0.3 is 5.73 Å². The summed E-state index contributed by atoms with van der Waals surface area (Å²) >= 11 is 1.71. The molecule has 0 aliphatic heterocycles. The van der Waals surface area contributed by atoms with Gasteiger partial charge in [-0.05, 0) is 31.2 Å². The number of thiophene rings is 1. The second-order valence-corrected chi connectivity index (χ2v) is 4.14. The van der Waals surface area contributed by atoms with E-state index in [1.165, 1.54) is 4.88 Å².